The maximum absolute atomic E-state index is 12.4. The van der Waals surface area contributed by atoms with Crippen LogP contribution in [0.4, 0.5) is 5.69 Å². The van der Waals surface area contributed by atoms with Crippen LogP contribution in [0, 0.1) is 6.92 Å². The van der Waals surface area contributed by atoms with Gasteiger partial charge in [-0.1, -0.05) is 12.1 Å². The Morgan fingerprint density at radius 3 is 2.61 bits per heavy atom. The van der Waals surface area contributed by atoms with Gasteiger partial charge in [0.05, 0.1) is 0 Å². The van der Waals surface area contributed by atoms with E-state index in [1.807, 2.05) is 36.1 Å². The van der Waals surface area contributed by atoms with Crippen LogP contribution >= 0.6 is 0 Å². The van der Waals surface area contributed by atoms with E-state index in [4.69, 9.17) is 4.74 Å². The number of hydrogen-bond donors (Lipinski definition) is 1. The molecule has 0 saturated carbocycles. The number of nitrogens with one attached hydrogen (secondary N) is 1. The molecule has 0 bridgehead atoms. The van der Waals surface area contributed by atoms with Crippen molar-refractivity contribution in [2.75, 3.05) is 24.6 Å². The number of piperidine rings is 1. The second-order valence-electron chi connectivity index (χ2n) is 7.21. The van der Waals surface area contributed by atoms with Crippen LogP contribution in [0.1, 0.15) is 18.4 Å². The van der Waals surface area contributed by atoms with Gasteiger partial charge < -0.3 is 19.5 Å². The van der Waals surface area contributed by atoms with E-state index in [0.29, 0.717) is 24.5 Å². The predicted octanol–water partition coefficient (Wildman–Crippen LogP) is 0.556. The SMILES string of the molecule is Cc1cccc(OCC(=O)NC2CCN(c3cn(C)c(=O)n(C)c3=O)CC2)c1. The molecule has 8 heteroatoms. The van der Waals surface area contributed by atoms with Crippen molar-refractivity contribution in [2.45, 2.75) is 25.8 Å². The highest BCUT2D eigenvalue weighted by Gasteiger charge is 2.23. The number of nitrogens with zero attached hydrogens (tertiary/aromatic N) is 3. The van der Waals surface area contributed by atoms with Crippen molar-refractivity contribution in [1.82, 2.24) is 14.5 Å². The fourth-order valence-corrected chi connectivity index (χ4v) is 3.39. The largest absolute Gasteiger partial charge is 0.484 e. The molecule has 1 aromatic heterocycles. The number of anilines is 1. The van der Waals surface area contributed by atoms with Crippen molar-refractivity contribution < 1.29 is 9.53 Å². The molecule has 0 spiro atoms. The van der Waals surface area contributed by atoms with Crippen molar-refractivity contribution in [2.24, 2.45) is 14.1 Å². The van der Waals surface area contributed by atoms with Gasteiger partial charge in [-0.05, 0) is 37.5 Å². The number of carbonyl (C=O) groups is 1. The summed E-state index contributed by atoms with van der Waals surface area (Å²) in [7, 11) is 3.11. The first-order valence-electron chi connectivity index (χ1n) is 9.35. The van der Waals surface area contributed by atoms with Crippen molar-refractivity contribution in [3.8, 4) is 5.75 Å². The molecule has 0 radical (unpaired) electrons. The summed E-state index contributed by atoms with van der Waals surface area (Å²) >= 11 is 0. The minimum atomic E-state index is -0.343. The molecule has 0 unspecified atom stereocenters. The summed E-state index contributed by atoms with van der Waals surface area (Å²) < 4.78 is 8.06. The molecule has 1 saturated heterocycles. The van der Waals surface area contributed by atoms with Gasteiger partial charge in [0.25, 0.3) is 11.5 Å². The molecule has 1 aromatic carbocycles. The van der Waals surface area contributed by atoms with Gasteiger partial charge in [0.1, 0.15) is 11.4 Å². The molecule has 8 nitrogen and oxygen atoms in total. The summed E-state index contributed by atoms with van der Waals surface area (Å²) in [5.74, 6) is 0.522. The van der Waals surface area contributed by atoms with Gasteiger partial charge in [-0.25, -0.2) is 4.79 Å². The zero-order valence-electron chi connectivity index (χ0n) is 16.5. The predicted molar refractivity (Wildman–Crippen MR) is 107 cm³/mol. The first-order valence-corrected chi connectivity index (χ1v) is 9.35. The first kappa shape index (κ1) is 19.7. The smallest absolute Gasteiger partial charge is 0.330 e. The lowest BCUT2D eigenvalue weighted by atomic mass is 10.0. The molecular formula is C20H26N4O4. The van der Waals surface area contributed by atoms with E-state index in [1.54, 1.807) is 13.2 Å². The lowest BCUT2D eigenvalue weighted by Gasteiger charge is -2.33. The Morgan fingerprint density at radius 2 is 1.93 bits per heavy atom. The number of benzene rings is 1. The fraction of sp³-hybridized carbons (Fsp3) is 0.450. The van der Waals surface area contributed by atoms with E-state index in [0.717, 1.165) is 23.0 Å². The van der Waals surface area contributed by atoms with Crippen molar-refractivity contribution >= 4 is 11.6 Å². The van der Waals surface area contributed by atoms with E-state index < -0.39 is 0 Å². The summed E-state index contributed by atoms with van der Waals surface area (Å²) in [6.45, 7) is 3.22. The monoisotopic (exact) mass is 386 g/mol. The zero-order chi connectivity index (χ0) is 20.3. The van der Waals surface area contributed by atoms with Crippen LogP contribution in [0.2, 0.25) is 0 Å². The van der Waals surface area contributed by atoms with Gasteiger partial charge in [0.2, 0.25) is 0 Å². The third-order valence-electron chi connectivity index (χ3n) is 4.99. The maximum atomic E-state index is 12.4. The van der Waals surface area contributed by atoms with E-state index in [9.17, 15) is 14.4 Å². The first-order chi connectivity index (χ1) is 13.3. The van der Waals surface area contributed by atoms with Crippen LogP contribution in [-0.4, -0.2) is 40.8 Å². The number of aryl methyl sites for hydroxylation is 2. The molecule has 1 amide bonds. The highest BCUT2D eigenvalue weighted by atomic mass is 16.5. The summed E-state index contributed by atoms with van der Waals surface area (Å²) in [5.41, 5.74) is 0.952. The van der Waals surface area contributed by atoms with Gasteiger partial charge in [-0.2, -0.15) is 0 Å². The highest BCUT2D eigenvalue weighted by molar-refractivity contribution is 5.77. The lowest BCUT2D eigenvalue weighted by Crippen LogP contribution is -2.48. The third-order valence-corrected chi connectivity index (χ3v) is 4.99. The number of amides is 1. The number of rotatable bonds is 5. The van der Waals surface area contributed by atoms with Gasteiger partial charge in [-0.15, -0.1) is 0 Å². The fourth-order valence-electron chi connectivity index (χ4n) is 3.39. The van der Waals surface area contributed by atoms with Crippen LogP contribution < -0.4 is 26.2 Å². The normalized spacial score (nSPS) is 14.8. The molecular weight excluding hydrogens is 360 g/mol. The Morgan fingerprint density at radius 1 is 1.21 bits per heavy atom. The van der Waals surface area contributed by atoms with Crippen molar-refractivity contribution in [3.63, 3.8) is 0 Å². The van der Waals surface area contributed by atoms with Gasteiger partial charge in [0, 0.05) is 39.4 Å². The number of ether oxygens (including phenoxy) is 1. The van der Waals surface area contributed by atoms with E-state index >= 15 is 0 Å². The Bertz CT molecular complexity index is 971. The summed E-state index contributed by atoms with van der Waals surface area (Å²) in [5, 5.41) is 2.99. The molecule has 0 atom stereocenters. The Labute approximate surface area is 163 Å². The van der Waals surface area contributed by atoms with Crippen LogP contribution in [0.5, 0.6) is 5.75 Å². The van der Waals surface area contributed by atoms with Crippen LogP contribution in [0.3, 0.4) is 0 Å². The third kappa shape index (κ3) is 4.44. The van der Waals surface area contributed by atoms with Gasteiger partial charge in [0.15, 0.2) is 6.61 Å². The van der Waals surface area contributed by atoms with Crippen molar-refractivity contribution in [3.05, 3.63) is 56.9 Å². The molecule has 2 aromatic rings. The zero-order valence-corrected chi connectivity index (χ0v) is 16.5. The van der Waals surface area contributed by atoms with E-state index in [1.165, 1.54) is 11.6 Å². The molecule has 1 fully saturated rings. The molecule has 150 valence electrons. The van der Waals surface area contributed by atoms with Crippen LogP contribution in [0.25, 0.3) is 0 Å². The molecule has 1 aliphatic heterocycles. The van der Waals surface area contributed by atoms with Crippen LogP contribution in [-0.2, 0) is 18.9 Å². The average molecular weight is 386 g/mol. The Hall–Kier alpha value is -3.03. The highest BCUT2D eigenvalue weighted by Crippen LogP contribution is 2.16. The van der Waals surface area contributed by atoms with Crippen LogP contribution in [0.15, 0.2) is 40.1 Å². The lowest BCUT2D eigenvalue weighted by molar-refractivity contribution is -0.123. The molecule has 1 N–H and O–H groups in total. The second kappa shape index (κ2) is 8.33. The van der Waals surface area contributed by atoms with Gasteiger partial charge in [-0.3, -0.25) is 14.2 Å². The standard InChI is InChI=1S/C20H26N4O4/c1-14-5-4-6-16(11-14)28-13-18(25)21-15-7-9-24(10-8-15)17-12-22(2)20(27)23(3)19(17)26/h4-6,11-12,15H,7-10,13H2,1-3H3,(H,21,25). The summed E-state index contributed by atoms with van der Waals surface area (Å²) in [4.78, 5) is 38.3. The minimum absolute atomic E-state index is 0.0228. The summed E-state index contributed by atoms with van der Waals surface area (Å²) in [6.07, 6.45) is 3.03. The number of aromatic nitrogens is 2. The maximum Gasteiger partial charge on any atom is 0.330 e. The van der Waals surface area contributed by atoms with Gasteiger partial charge >= 0.3 is 5.69 Å². The molecule has 28 heavy (non-hydrogen) atoms. The number of hydrogen-bond acceptors (Lipinski definition) is 5. The van der Waals surface area contributed by atoms with E-state index in [-0.39, 0.29) is 29.8 Å². The topological polar surface area (TPSA) is 85.6 Å². The van der Waals surface area contributed by atoms with E-state index in [2.05, 4.69) is 5.32 Å². The molecule has 3 rings (SSSR count). The molecule has 1 aliphatic rings. The number of carbonyl (C=O) groups excluding carboxylic acids is 1. The summed E-state index contributed by atoms with van der Waals surface area (Å²) in [6, 6.07) is 7.62. The average Bonchev–Trinajstić information content (AvgIpc) is 2.68. The minimum Gasteiger partial charge on any atom is -0.484 e. The quantitative estimate of drug-likeness (QED) is 0.812. The Kier molecular flexibility index (Phi) is 5.87. The second-order valence-corrected chi connectivity index (χ2v) is 7.21. The Balaban J connectivity index is 1.52. The van der Waals surface area contributed by atoms with Crippen molar-refractivity contribution in [1.29, 1.82) is 0 Å². The molecule has 0 aliphatic carbocycles. The molecule has 2 heterocycles.